The van der Waals surface area contributed by atoms with Crippen LogP contribution in [0, 0.1) is 11.8 Å². The average Bonchev–Trinajstić information content (AvgIpc) is 2.97. The fourth-order valence-electron chi connectivity index (χ4n) is 1.58. The smallest absolute Gasteiger partial charge is 0.272 e. The van der Waals surface area contributed by atoms with E-state index in [1.807, 2.05) is 0 Å². The van der Waals surface area contributed by atoms with Crippen molar-refractivity contribution in [3.05, 3.63) is 52.8 Å². The van der Waals surface area contributed by atoms with Crippen molar-refractivity contribution in [2.45, 2.75) is 6.42 Å². The number of carbonyl (C=O) groups is 1. The lowest BCUT2D eigenvalue weighted by molar-refractivity contribution is 0.102. The van der Waals surface area contributed by atoms with Gasteiger partial charge < -0.3 is 15.4 Å². The average molecular weight is 289 g/mol. The summed E-state index contributed by atoms with van der Waals surface area (Å²) in [6.45, 7) is 0.0248. The van der Waals surface area contributed by atoms with Crippen LogP contribution in [0.3, 0.4) is 0 Å². The van der Waals surface area contributed by atoms with Gasteiger partial charge in [0.1, 0.15) is 5.69 Å². The summed E-state index contributed by atoms with van der Waals surface area (Å²) in [6, 6.07) is 8.56. The summed E-state index contributed by atoms with van der Waals surface area (Å²) < 4.78 is 0. The molecule has 0 unspecified atom stereocenters. The first-order valence-electron chi connectivity index (χ1n) is 6.04. The van der Waals surface area contributed by atoms with Gasteiger partial charge in [-0.25, -0.2) is 0 Å². The molecule has 0 saturated heterocycles. The van der Waals surface area contributed by atoms with E-state index in [0.29, 0.717) is 22.8 Å². The fourth-order valence-corrected chi connectivity index (χ4v) is 1.75. The van der Waals surface area contributed by atoms with Gasteiger partial charge >= 0.3 is 0 Å². The molecule has 102 valence electrons. The Morgan fingerprint density at radius 1 is 1.40 bits per heavy atom. The van der Waals surface area contributed by atoms with E-state index in [0.717, 1.165) is 5.56 Å². The molecule has 1 aromatic heterocycles. The molecule has 4 nitrogen and oxygen atoms in total. The molecular formula is C15H13ClN2O2. The maximum Gasteiger partial charge on any atom is 0.272 e. The zero-order chi connectivity index (χ0) is 14.4. The first-order valence-corrected chi connectivity index (χ1v) is 6.42. The Kier molecular flexibility index (Phi) is 4.83. The van der Waals surface area contributed by atoms with E-state index in [1.165, 1.54) is 0 Å². The molecule has 0 aliphatic rings. The molecule has 1 amide bonds. The van der Waals surface area contributed by atoms with Crippen molar-refractivity contribution < 1.29 is 9.90 Å². The zero-order valence-corrected chi connectivity index (χ0v) is 11.4. The van der Waals surface area contributed by atoms with E-state index in [9.17, 15) is 4.79 Å². The Bertz CT molecular complexity index is 654. The summed E-state index contributed by atoms with van der Waals surface area (Å²) in [5.41, 5.74) is 1.68. The number of aliphatic hydroxyl groups is 1. The number of aromatic amines is 1. The fraction of sp³-hybridized carbons (Fsp3) is 0.133. The van der Waals surface area contributed by atoms with Gasteiger partial charge in [0, 0.05) is 18.2 Å². The van der Waals surface area contributed by atoms with E-state index >= 15 is 0 Å². The predicted molar refractivity (Wildman–Crippen MR) is 78.8 cm³/mol. The van der Waals surface area contributed by atoms with Crippen LogP contribution in [0.1, 0.15) is 22.5 Å². The third kappa shape index (κ3) is 3.64. The molecule has 2 rings (SSSR count). The second-order valence-corrected chi connectivity index (χ2v) is 4.42. The maximum absolute atomic E-state index is 11.9. The zero-order valence-electron chi connectivity index (χ0n) is 10.6. The summed E-state index contributed by atoms with van der Waals surface area (Å²) in [6.07, 6.45) is 2.08. The van der Waals surface area contributed by atoms with Crippen LogP contribution in [-0.2, 0) is 0 Å². The first-order chi connectivity index (χ1) is 9.70. The number of amides is 1. The van der Waals surface area contributed by atoms with Gasteiger partial charge in [-0.2, -0.15) is 0 Å². The number of aliphatic hydroxyl groups excluding tert-OH is 1. The van der Waals surface area contributed by atoms with Crippen LogP contribution in [0.2, 0.25) is 5.02 Å². The third-order valence-corrected chi connectivity index (χ3v) is 2.86. The SMILES string of the molecule is O=C(Nc1cc(C#CCCO)ccc1Cl)c1ccc[nH]1. The van der Waals surface area contributed by atoms with Crippen molar-refractivity contribution in [3.63, 3.8) is 0 Å². The second kappa shape index (κ2) is 6.80. The highest BCUT2D eigenvalue weighted by atomic mass is 35.5. The number of halogens is 1. The van der Waals surface area contributed by atoms with Gasteiger partial charge in [-0.1, -0.05) is 23.4 Å². The number of H-pyrrole nitrogens is 1. The van der Waals surface area contributed by atoms with Crippen molar-refractivity contribution in [3.8, 4) is 11.8 Å². The number of rotatable bonds is 3. The molecule has 0 aliphatic carbocycles. The lowest BCUT2D eigenvalue weighted by Crippen LogP contribution is -2.12. The summed E-state index contributed by atoms with van der Waals surface area (Å²) in [7, 11) is 0. The lowest BCUT2D eigenvalue weighted by Gasteiger charge is -2.06. The molecule has 0 atom stereocenters. The molecule has 0 fully saturated rings. The quantitative estimate of drug-likeness (QED) is 0.760. The van der Waals surface area contributed by atoms with Gasteiger partial charge in [0.15, 0.2) is 0 Å². The standard InChI is InChI=1S/C15H13ClN2O2/c16-12-7-6-11(4-1-2-9-19)10-14(12)18-15(20)13-5-3-8-17-13/h3,5-8,10,17,19H,2,9H2,(H,18,20). The van der Waals surface area contributed by atoms with E-state index in [2.05, 4.69) is 22.1 Å². The molecule has 3 N–H and O–H groups in total. The van der Waals surface area contributed by atoms with Crippen LogP contribution in [0.5, 0.6) is 0 Å². The molecule has 5 heteroatoms. The molecular weight excluding hydrogens is 276 g/mol. The van der Waals surface area contributed by atoms with E-state index in [-0.39, 0.29) is 12.5 Å². The Balaban J connectivity index is 2.17. The van der Waals surface area contributed by atoms with Gasteiger partial charge in [-0.05, 0) is 30.3 Å². The minimum atomic E-state index is -0.266. The number of anilines is 1. The Labute approximate surface area is 121 Å². The highest BCUT2D eigenvalue weighted by Crippen LogP contribution is 2.23. The summed E-state index contributed by atoms with van der Waals surface area (Å²) in [4.78, 5) is 14.8. The van der Waals surface area contributed by atoms with Gasteiger partial charge in [0.25, 0.3) is 5.91 Å². The molecule has 1 heterocycles. The molecule has 2 aromatic rings. The van der Waals surface area contributed by atoms with Crippen molar-refractivity contribution in [2.24, 2.45) is 0 Å². The highest BCUT2D eigenvalue weighted by molar-refractivity contribution is 6.34. The minimum Gasteiger partial charge on any atom is -0.395 e. The lowest BCUT2D eigenvalue weighted by atomic mass is 10.2. The maximum atomic E-state index is 11.9. The number of nitrogens with one attached hydrogen (secondary N) is 2. The number of aromatic nitrogens is 1. The third-order valence-electron chi connectivity index (χ3n) is 2.53. The second-order valence-electron chi connectivity index (χ2n) is 4.01. The van der Waals surface area contributed by atoms with Crippen LogP contribution in [0.15, 0.2) is 36.5 Å². The highest BCUT2D eigenvalue weighted by Gasteiger charge is 2.09. The number of hydrogen-bond donors (Lipinski definition) is 3. The van der Waals surface area contributed by atoms with E-state index in [4.69, 9.17) is 16.7 Å². The predicted octanol–water partition coefficient (Wildman–Crippen LogP) is 2.65. The van der Waals surface area contributed by atoms with Crippen LogP contribution < -0.4 is 5.32 Å². The number of carbonyl (C=O) groups excluding carboxylic acids is 1. The van der Waals surface area contributed by atoms with Crippen molar-refractivity contribution >= 4 is 23.2 Å². The van der Waals surface area contributed by atoms with Crippen molar-refractivity contribution in [2.75, 3.05) is 11.9 Å². The van der Waals surface area contributed by atoms with Gasteiger partial charge in [0.05, 0.1) is 17.3 Å². The topological polar surface area (TPSA) is 65.1 Å². The first kappa shape index (κ1) is 14.2. The van der Waals surface area contributed by atoms with Crippen LogP contribution >= 0.6 is 11.6 Å². The molecule has 0 aliphatic heterocycles. The molecule has 0 radical (unpaired) electrons. The molecule has 20 heavy (non-hydrogen) atoms. The van der Waals surface area contributed by atoms with Crippen LogP contribution in [0.25, 0.3) is 0 Å². The van der Waals surface area contributed by atoms with Crippen LogP contribution in [-0.4, -0.2) is 22.6 Å². The summed E-state index contributed by atoms with van der Waals surface area (Å²) in [5.74, 6) is 5.44. The van der Waals surface area contributed by atoms with Gasteiger partial charge in [0.2, 0.25) is 0 Å². The Morgan fingerprint density at radius 2 is 2.25 bits per heavy atom. The minimum absolute atomic E-state index is 0.0248. The van der Waals surface area contributed by atoms with E-state index < -0.39 is 0 Å². The van der Waals surface area contributed by atoms with E-state index in [1.54, 1.807) is 36.5 Å². The van der Waals surface area contributed by atoms with Gasteiger partial charge in [-0.3, -0.25) is 4.79 Å². The molecule has 0 saturated carbocycles. The molecule has 0 bridgehead atoms. The monoisotopic (exact) mass is 288 g/mol. The number of benzene rings is 1. The Hall–Kier alpha value is -2.22. The van der Waals surface area contributed by atoms with Crippen molar-refractivity contribution in [1.29, 1.82) is 0 Å². The summed E-state index contributed by atoms with van der Waals surface area (Å²) >= 11 is 6.05. The summed E-state index contributed by atoms with van der Waals surface area (Å²) in [5, 5.41) is 11.8. The normalized spacial score (nSPS) is 9.70. The molecule has 1 aromatic carbocycles. The number of hydrogen-bond acceptors (Lipinski definition) is 2. The largest absolute Gasteiger partial charge is 0.395 e. The van der Waals surface area contributed by atoms with Crippen LogP contribution in [0.4, 0.5) is 5.69 Å². The molecule has 0 spiro atoms. The Morgan fingerprint density at radius 3 is 2.95 bits per heavy atom. The van der Waals surface area contributed by atoms with Crippen molar-refractivity contribution in [1.82, 2.24) is 4.98 Å². The van der Waals surface area contributed by atoms with Gasteiger partial charge in [-0.15, -0.1) is 0 Å².